The second-order valence-electron chi connectivity index (χ2n) is 10.8. The Balaban J connectivity index is 1.57. The van der Waals surface area contributed by atoms with Gasteiger partial charge in [0.15, 0.2) is 16.3 Å². The Bertz CT molecular complexity index is 2060. The Morgan fingerprint density at radius 1 is 0.979 bits per heavy atom. The van der Waals surface area contributed by atoms with Gasteiger partial charge in [0.2, 0.25) is 0 Å². The molecule has 0 aliphatic carbocycles. The molecule has 1 aliphatic heterocycles. The first-order chi connectivity index (χ1) is 23.1. The number of methoxy groups -OCH3 is 3. The minimum atomic E-state index is -0.814. The largest absolute Gasteiger partial charge is 0.497 e. The quantitative estimate of drug-likeness (QED) is 0.157. The van der Waals surface area contributed by atoms with Crippen molar-refractivity contribution in [1.29, 1.82) is 0 Å². The molecule has 2 heterocycles. The number of non-ortho nitro benzene ring substituents is 1. The minimum absolute atomic E-state index is 0.00166. The maximum Gasteiger partial charge on any atom is 0.271 e. The first kappa shape index (κ1) is 33.9. The molecule has 0 fully saturated rings. The number of aromatic nitrogens is 1. The molecule has 0 N–H and O–H groups in total. The van der Waals surface area contributed by atoms with E-state index in [1.54, 1.807) is 85.2 Å². The third-order valence-electron chi connectivity index (χ3n) is 8.06. The predicted molar refractivity (Wildman–Crippen MR) is 182 cm³/mol. The molecule has 1 atom stereocenters. The molecule has 0 spiro atoms. The Kier molecular flexibility index (Phi) is 10.3. The van der Waals surface area contributed by atoms with Gasteiger partial charge in [-0.05, 0) is 80.4 Å². The topological polar surface area (TPSA) is 135 Å². The van der Waals surface area contributed by atoms with E-state index in [2.05, 4.69) is 0 Å². The van der Waals surface area contributed by atoms with E-state index in [-0.39, 0.29) is 23.8 Å². The van der Waals surface area contributed by atoms with Crippen molar-refractivity contribution in [3.63, 3.8) is 0 Å². The summed E-state index contributed by atoms with van der Waals surface area (Å²) in [5, 5.41) is 11.0. The summed E-state index contributed by atoms with van der Waals surface area (Å²) < 4.78 is 24.7. The van der Waals surface area contributed by atoms with Crippen LogP contribution in [0.5, 0.6) is 23.0 Å². The van der Waals surface area contributed by atoms with Crippen LogP contribution in [-0.4, -0.2) is 54.7 Å². The fourth-order valence-electron chi connectivity index (χ4n) is 5.54. The molecule has 5 rings (SSSR count). The molecular formula is C35H36N4O8S. The molecule has 13 heteroatoms. The van der Waals surface area contributed by atoms with Crippen molar-refractivity contribution in [2.45, 2.75) is 33.4 Å². The summed E-state index contributed by atoms with van der Waals surface area (Å²) >= 11 is 1.22. The van der Waals surface area contributed by atoms with Gasteiger partial charge in [-0.2, -0.15) is 0 Å². The fourth-order valence-corrected chi connectivity index (χ4v) is 6.59. The van der Waals surface area contributed by atoms with Gasteiger partial charge in [0.1, 0.15) is 24.1 Å². The van der Waals surface area contributed by atoms with Crippen molar-refractivity contribution in [3.05, 3.63) is 118 Å². The average molecular weight is 673 g/mol. The number of benzene rings is 3. The second kappa shape index (κ2) is 14.6. The van der Waals surface area contributed by atoms with Crippen molar-refractivity contribution in [2.24, 2.45) is 4.99 Å². The summed E-state index contributed by atoms with van der Waals surface area (Å²) in [4.78, 5) is 45.6. The van der Waals surface area contributed by atoms with Crippen molar-refractivity contribution < 1.29 is 28.7 Å². The van der Waals surface area contributed by atoms with Gasteiger partial charge in [0, 0.05) is 30.8 Å². The third kappa shape index (κ3) is 6.67. The summed E-state index contributed by atoms with van der Waals surface area (Å²) in [6.07, 6.45) is 1.75. The van der Waals surface area contributed by atoms with Crippen LogP contribution in [0.4, 0.5) is 5.69 Å². The van der Waals surface area contributed by atoms with Crippen LogP contribution in [0.1, 0.15) is 43.5 Å². The van der Waals surface area contributed by atoms with Crippen molar-refractivity contribution in [2.75, 3.05) is 34.4 Å². The van der Waals surface area contributed by atoms with Gasteiger partial charge in [-0.3, -0.25) is 24.3 Å². The monoisotopic (exact) mass is 672 g/mol. The van der Waals surface area contributed by atoms with Crippen LogP contribution >= 0.6 is 11.3 Å². The summed E-state index contributed by atoms with van der Waals surface area (Å²) in [6, 6.07) is 15.9. The number of hydrogen-bond acceptors (Lipinski definition) is 10. The number of nitro groups is 1. The van der Waals surface area contributed by atoms with Crippen LogP contribution in [0.2, 0.25) is 0 Å². The third-order valence-corrected chi connectivity index (χ3v) is 9.04. The molecule has 0 unspecified atom stereocenters. The van der Waals surface area contributed by atoms with Crippen molar-refractivity contribution >= 4 is 29.0 Å². The van der Waals surface area contributed by atoms with Gasteiger partial charge in [-0.25, -0.2) is 4.99 Å². The van der Waals surface area contributed by atoms with Gasteiger partial charge in [0.25, 0.3) is 17.2 Å². The molecule has 1 amide bonds. The number of ether oxygens (including phenoxy) is 4. The molecule has 0 saturated carbocycles. The molecule has 12 nitrogen and oxygen atoms in total. The van der Waals surface area contributed by atoms with Gasteiger partial charge < -0.3 is 23.8 Å². The smallest absolute Gasteiger partial charge is 0.271 e. The number of rotatable bonds is 12. The molecule has 0 radical (unpaired) electrons. The van der Waals surface area contributed by atoms with E-state index in [4.69, 9.17) is 23.9 Å². The van der Waals surface area contributed by atoms with Crippen LogP contribution in [0.15, 0.2) is 81.7 Å². The zero-order chi connectivity index (χ0) is 34.5. The van der Waals surface area contributed by atoms with E-state index in [0.29, 0.717) is 67.8 Å². The van der Waals surface area contributed by atoms with E-state index in [1.807, 2.05) is 13.8 Å². The maximum absolute atomic E-state index is 14.3. The first-order valence-corrected chi connectivity index (χ1v) is 16.0. The number of carbonyl (C=O) groups is 1. The summed E-state index contributed by atoms with van der Waals surface area (Å²) in [5.74, 6) is 1.76. The molecular weight excluding hydrogens is 636 g/mol. The number of amides is 1. The fraction of sp³-hybridized carbons (Fsp3) is 0.286. The van der Waals surface area contributed by atoms with E-state index in [9.17, 15) is 19.7 Å². The van der Waals surface area contributed by atoms with E-state index < -0.39 is 11.0 Å². The van der Waals surface area contributed by atoms with Gasteiger partial charge >= 0.3 is 0 Å². The molecule has 4 aromatic rings. The number of likely N-dealkylation sites (N-methyl/N-ethyl adjacent to an activating group) is 1. The number of hydrogen-bond donors (Lipinski definition) is 0. The zero-order valence-electron chi connectivity index (χ0n) is 27.5. The lowest BCUT2D eigenvalue weighted by Crippen LogP contribution is -2.43. The summed E-state index contributed by atoms with van der Waals surface area (Å²) in [6.45, 7) is 6.77. The predicted octanol–water partition coefficient (Wildman–Crippen LogP) is 4.62. The van der Waals surface area contributed by atoms with Gasteiger partial charge in [-0.15, -0.1) is 0 Å². The highest BCUT2D eigenvalue weighted by Gasteiger charge is 2.36. The zero-order valence-corrected chi connectivity index (χ0v) is 28.3. The highest BCUT2D eigenvalue weighted by Crippen LogP contribution is 2.38. The Morgan fingerprint density at radius 2 is 1.67 bits per heavy atom. The van der Waals surface area contributed by atoms with Crippen LogP contribution in [-0.2, 0) is 11.4 Å². The highest BCUT2D eigenvalue weighted by molar-refractivity contribution is 7.07. The molecule has 1 aromatic heterocycles. The Labute approximate surface area is 280 Å². The lowest BCUT2D eigenvalue weighted by Gasteiger charge is -2.30. The van der Waals surface area contributed by atoms with Crippen molar-refractivity contribution in [3.8, 4) is 23.0 Å². The van der Waals surface area contributed by atoms with Crippen molar-refractivity contribution in [1.82, 2.24) is 9.47 Å². The average Bonchev–Trinajstić information content (AvgIpc) is 3.40. The van der Waals surface area contributed by atoms with Crippen LogP contribution in [0.3, 0.4) is 0 Å². The Morgan fingerprint density at radius 3 is 2.29 bits per heavy atom. The molecule has 250 valence electrons. The number of nitrogens with zero attached hydrogens (tertiary/aromatic N) is 4. The van der Waals surface area contributed by atoms with E-state index in [0.717, 1.165) is 5.56 Å². The molecule has 48 heavy (non-hydrogen) atoms. The number of thiazole rings is 1. The summed E-state index contributed by atoms with van der Waals surface area (Å²) in [5.41, 5.74) is 2.64. The second-order valence-corrected chi connectivity index (χ2v) is 11.8. The number of allylic oxidation sites excluding steroid dienone is 1. The molecule has 1 aliphatic rings. The van der Waals surface area contributed by atoms with Crippen LogP contribution < -0.4 is 33.8 Å². The normalized spacial score (nSPS) is 14.2. The first-order valence-electron chi connectivity index (χ1n) is 15.2. The number of carbonyl (C=O) groups excluding carboxylic acids is 1. The molecule has 0 saturated heterocycles. The summed E-state index contributed by atoms with van der Waals surface area (Å²) in [7, 11) is 4.62. The van der Waals surface area contributed by atoms with Gasteiger partial charge in [-0.1, -0.05) is 17.4 Å². The lowest BCUT2D eigenvalue weighted by atomic mass is 9.93. The SMILES string of the molecule is CCN(CC)C(=O)C1=C(C)N=c2s/c(=C/c3ccc(OCc4ccc([N+](=O)[O-])cc4)c(OC)c3)c(=O)n2[C@@H]1c1cc(OC)ccc1OC. The van der Waals surface area contributed by atoms with E-state index >= 15 is 0 Å². The maximum atomic E-state index is 14.3. The number of nitro benzene ring substituents is 1. The minimum Gasteiger partial charge on any atom is -0.497 e. The number of fused-ring (bicyclic) bond motifs is 1. The molecule has 3 aromatic carbocycles. The van der Waals surface area contributed by atoms with Crippen LogP contribution in [0.25, 0.3) is 6.08 Å². The lowest BCUT2D eigenvalue weighted by molar-refractivity contribution is -0.384. The standard InChI is InChI=1S/C35H36N4O8S/c1-7-37(8-2)34(41)31-21(3)36-35-38(32(31)26-19-25(44-4)14-16-27(26)45-5)33(40)30(48-35)18-23-11-15-28(29(17-23)46-6)47-20-22-9-12-24(13-10-22)39(42)43/h9-19,32H,7-8,20H2,1-6H3/b30-18+/t32-/m1/s1. The highest BCUT2D eigenvalue weighted by atomic mass is 32.1. The van der Waals surface area contributed by atoms with Gasteiger partial charge in [0.05, 0.1) is 42.1 Å². The Hall–Kier alpha value is -5.43. The molecule has 0 bridgehead atoms. The van der Waals surface area contributed by atoms with E-state index in [1.165, 1.54) is 30.6 Å². The van der Waals surface area contributed by atoms with Crippen LogP contribution in [0, 0.1) is 10.1 Å².